The van der Waals surface area contributed by atoms with Crippen molar-refractivity contribution in [3.63, 3.8) is 0 Å². The first-order chi connectivity index (χ1) is 18.7. The van der Waals surface area contributed by atoms with Gasteiger partial charge in [0.2, 0.25) is 5.82 Å². The van der Waals surface area contributed by atoms with Crippen LogP contribution in [0.1, 0.15) is 60.4 Å². The van der Waals surface area contributed by atoms with Crippen LogP contribution in [0.3, 0.4) is 0 Å². The summed E-state index contributed by atoms with van der Waals surface area (Å²) < 4.78 is 49.8. The highest BCUT2D eigenvalue weighted by Gasteiger charge is 2.35. The van der Waals surface area contributed by atoms with E-state index in [0.717, 1.165) is 17.3 Å². The van der Waals surface area contributed by atoms with Crippen molar-refractivity contribution in [1.29, 1.82) is 0 Å². The van der Waals surface area contributed by atoms with Gasteiger partial charge in [-0.2, -0.15) is 13.2 Å². The predicted molar refractivity (Wildman–Crippen MR) is 142 cm³/mol. The summed E-state index contributed by atoms with van der Waals surface area (Å²) in [6.07, 6.45) is -1.19. The third kappa shape index (κ3) is 7.46. The maximum atomic E-state index is 13.2. The van der Waals surface area contributed by atoms with Gasteiger partial charge in [-0.15, -0.1) is 11.3 Å². The zero-order valence-corrected chi connectivity index (χ0v) is 23.5. The van der Waals surface area contributed by atoms with Gasteiger partial charge in [0, 0.05) is 59.2 Å². The second kappa shape index (κ2) is 11.4. The Morgan fingerprint density at radius 1 is 1.10 bits per heavy atom. The molecule has 1 atom stereocenters. The maximum Gasteiger partial charge on any atom is 0.451 e. The number of halogens is 3. The minimum atomic E-state index is -4.65. The Kier molecular flexibility index (Phi) is 8.33. The standard InChI is InChI=1S/C27H30F3N5O4S/c1-15-9-31-23(40-15)19-6-18(22(36)34-16(2)20-10-32-24(33-11-20)27(28,29)30)7-21(8-19)38-14-17-12-35(13-17)25(37)39-26(3,4)5/h6-11,16-17H,12-14H2,1-5H3,(H,34,36). The van der Waals surface area contributed by atoms with Crippen LogP contribution >= 0.6 is 11.3 Å². The lowest BCUT2D eigenvalue weighted by atomic mass is 10.0. The number of alkyl halides is 3. The summed E-state index contributed by atoms with van der Waals surface area (Å²) in [5.41, 5.74) is 0.740. The highest BCUT2D eigenvalue weighted by Crippen LogP contribution is 2.31. The summed E-state index contributed by atoms with van der Waals surface area (Å²) in [7, 11) is 0. The Bertz CT molecular complexity index is 1370. The van der Waals surface area contributed by atoms with Crippen molar-refractivity contribution in [3.05, 3.63) is 58.6 Å². The van der Waals surface area contributed by atoms with Gasteiger partial charge in [0.1, 0.15) is 16.4 Å². The third-order valence-electron chi connectivity index (χ3n) is 5.90. The fourth-order valence-electron chi connectivity index (χ4n) is 3.86. The van der Waals surface area contributed by atoms with Crippen LogP contribution in [0.4, 0.5) is 18.0 Å². The quantitative estimate of drug-likeness (QED) is 0.386. The van der Waals surface area contributed by atoms with Crippen LogP contribution in [0.15, 0.2) is 36.8 Å². The molecule has 1 aliphatic heterocycles. The first kappa shape index (κ1) is 29.2. The van der Waals surface area contributed by atoms with Gasteiger partial charge in [0.15, 0.2) is 0 Å². The van der Waals surface area contributed by atoms with Crippen molar-refractivity contribution in [1.82, 2.24) is 25.2 Å². The van der Waals surface area contributed by atoms with Gasteiger partial charge in [-0.1, -0.05) is 0 Å². The molecule has 0 saturated carbocycles. The smallest absolute Gasteiger partial charge is 0.451 e. The molecule has 9 nitrogen and oxygen atoms in total. The normalized spacial score (nSPS) is 14.8. The summed E-state index contributed by atoms with van der Waals surface area (Å²) in [5, 5.41) is 3.48. The maximum absolute atomic E-state index is 13.2. The lowest BCUT2D eigenvalue weighted by molar-refractivity contribution is -0.145. The molecule has 1 saturated heterocycles. The summed E-state index contributed by atoms with van der Waals surface area (Å²) in [4.78, 5) is 39.1. The average Bonchev–Trinajstić information content (AvgIpc) is 3.27. The fraction of sp³-hybridized carbons (Fsp3) is 0.444. The van der Waals surface area contributed by atoms with E-state index in [1.807, 2.05) is 27.7 Å². The van der Waals surface area contributed by atoms with E-state index in [0.29, 0.717) is 47.1 Å². The van der Waals surface area contributed by atoms with Gasteiger partial charge in [-0.25, -0.2) is 19.7 Å². The lowest BCUT2D eigenvalue weighted by Gasteiger charge is -2.39. The highest BCUT2D eigenvalue weighted by molar-refractivity contribution is 7.14. The van der Waals surface area contributed by atoms with Crippen LogP contribution in [-0.4, -0.2) is 57.1 Å². The Balaban J connectivity index is 1.45. The molecule has 3 heterocycles. The van der Waals surface area contributed by atoms with Crippen molar-refractivity contribution in [2.75, 3.05) is 19.7 Å². The van der Waals surface area contributed by atoms with Crippen molar-refractivity contribution in [2.45, 2.75) is 52.4 Å². The van der Waals surface area contributed by atoms with Gasteiger partial charge in [-0.05, 0) is 52.8 Å². The van der Waals surface area contributed by atoms with Gasteiger partial charge in [0.25, 0.3) is 5.91 Å². The number of thiazole rings is 1. The minimum Gasteiger partial charge on any atom is -0.493 e. The molecule has 0 radical (unpaired) electrons. The predicted octanol–water partition coefficient (Wildman–Crippen LogP) is 5.66. The fourth-order valence-corrected chi connectivity index (χ4v) is 4.61. The molecule has 0 bridgehead atoms. The molecule has 4 rings (SSSR count). The zero-order chi connectivity index (χ0) is 29.2. The number of benzene rings is 1. The van der Waals surface area contributed by atoms with Crippen molar-refractivity contribution in [3.8, 4) is 16.3 Å². The molecule has 1 unspecified atom stereocenters. The molecule has 2 amide bonds. The molecule has 0 aliphatic carbocycles. The number of rotatable bonds is 7. The van der Waals surface area contributed by atoms with Gasteiger partial charge in [-0.3, -0.25) is 4.79 Å². The second-order valence-electron chi connectivity index (χ2n) is 10.6. The molecule has 1 fully saturated rings. The number of likely N-dealkylation sites (tertiary alicyclic amines) is 1. The van der Waals surface area contributed by atoms with Crippen LogP contribution in [0.25, 0.3) is 10.6 Å². The Morgan fingerprint density at radius 2 is 1.77 bits per heavy atom. The van der Waals surface area contributed by atoms with E-state index in [4.69, 9.17) is 9.47 Å². The molecule has 13 heteroatoms. The Morgan fingerprint density at radius 3 is 2.35 bits per heavy atom. The molecule has 214 valence electrons. The van der Waals surface area contributed by atoms with E-state index < -0.39 is 29.6 Å². The number of hydrogen-bond acceptors (Lipinski definition) is 8. The number of nitrogens with zero attached hydrogens (tertiary/aromatic N) is 4. The SMILES string of the molecule is Cc1cnc(-c2cc(OCC3CN(C(=O)OC(C)(C)C)C3)cc(C(=O)NC(C)c3cnc(C(F)(F)F)nc3)c2)s1. The molecule has 1 N–H and O–H groups in total. The molecular weight excluding hydrogens is 547 g/mol. The largest absolute Gasteiger partial charge is 0.493 e. The number of amides is 2. The van der Waals surface area contributed by atoms with Crippen LogP contribution in [-0.2, 0) is 10.9 Å². The first-order valence-corrected chi connectivity index (χ1v) is 13.4. The van der Waals surface area contributed by atoms with Crippen LogP contribution < -0.4 is 10.1 Å². The van der Waals surface area contributed by atoms with Crippen LogP contribution in [0.5, 0.6) is 5.75 Å². The van der Waals surface area contributed by atoms with Gasteiger partial charge >= 0.3 is 12.3 Å². The Hall–Kier alpha value is -3.74. The van der Waals surface area contributed by atoms with E-state index in [9.17, 15) is 22.8 Å². The molecule has 40 heavy (non-hydrogen) atoms. The minimum absolute atomic E-state index is 0.107. The van der Waals surface area contributed by atoms with Gasteiger partial charge < -0.3 is 19.7 Å². The van der Waals surface area contributed by atoms with Crippen LogP contribution in [0, 0.1) is 12.8 Å². The lowest BCUT2D eigenvalue weighted by Crippen LogP contribution is -2.53. The Labute approximate surface area is 233 Å². The number of carbonyl (C=O) groups excluding carboxylic acids is 2. The number of carbonyl (C=O) groups is 2. The topological polar surface area (TPSA) is 107 Å². The third-order valence-corrected chi connectivity index (χ3v) is 6.87. The first-order valence-electron chi connectivity index (χ1n) is 12.6. The molecular formula is C27H30F3N5O4S. The number of aromatic nitrogens is 3. The van der Waals surface area contributed by atoms with E-state index in [2.05, 4.69) is 20.3 Å². The van der Waals surface area contributed by atoms with Crippen LogP contribution in [0.2, 0.25) is 0 Å². The molecule has 1 aliphatic rings. The van der Waals surface area contributed by atoms with E-state index in [-0.39, 0.29) is 12.0 Å². The molecule has 2 aromatic heterocycles. The van der Waals surface area contributed by atoms with Crippen molar-refractivity contribution >= 4 is 23.3 Å². The van der Waals surface area contributed by atoms with E-state index >= 15 is 0 Å². The van der Waals surface area contributed by atoms with Crippen molar-refractivity contribution < 1.29 is 32.2 Å². The summed E-state index contributed by atoms with van der Waals surface area (Å²) in [5.74, 6) is -1.14. The van der Waals surface area contributed by atoms with Crippen molar-refractivity contribution in [2.24, 2.45) is 5.92 Å². The van der Waals surface area contributed by atoms with Gasteiger partial charge in [0.05, 0.1) is 12.6 Å². The zero-order valence-electron chi connectivity index (χ0n) is 22.7. The number of nitrogens with one attached hydrogen (secondary N) is 1. The van der Waals surface area contributed by atoms with E-state index in [1.165, 1.54) is 11.3 Å². The highest BCUT2D eigenvalue weighted by atomic mass is 32.1. The molecule has 1 aromatic carbocycles. The molecule has 0 spiro atoms. The average molecular weight is 578 g/mol. The summed E-state index contributed by atoms with van der Waals surface area (Å²) >= 11 is 1.47. The summed E-state index contributed by atoms with van der Waals surface area (Å²) in [6, 6.07) is 4.43. The summed E-state index contributed by atoms with van der Waals surface area (Å²) in [6.45, 7) is 10.3. The van der Waals surface area contributed by atoms with E-state index in [1.54, 1.807) is 36.2 Å². The number of aryl methyl sites for hydroxylation is 1. The number of hydrogen-bond donors (Lipinski definition) is 1. The molecule has 3 aromatic rings. The monoisotopic (exact) mass is 577 g/mol. The number of ether oxygens (including phenoxy) is 2. The second-order valence-corrected chi connectivity index (χ2v) is 11.9.